The molecule has 0 aromatic carbocycles. The standard InChI is InChI=1S/C23H26N9O18P3/c1-2-13-28-14-19(24)26-8-27-20(14)32(13)22-18(49-51(38,39)40)16(34)12(48-22)7-46-53(43,44)50-52(41,42)45-6-11-15(33)17(35)21(47-11)31-4-9(23(36)37)3-10(5-31)29-30-25/h1,3-5,8,11-12,15-18,21-22,33-35H,6-7H2,(H6-,24,26,27,36,37,38,39,40,41,42,43,44)/t11-,12-,15-,16-,17-,18-,21-,22-/m1/s1. The third-order valence-corrected chi connectivity index (χ3v) is 10.5. The normalized spacial score (nSPS) is 28.2. The molecule has 0 amide bonds. The summed E-state index contributed by atoms with van der Waals surface area (Å²) in [7, 11) is -16.6. The Kier molecular flexibility index (Phi) is 11.7. The Morgan fingerprint density at radius 3 is 2.30 bits per heavy atom. The molecule has 0 bridgehead atoms. The summed E-state index contributed by atoms with van der Waals surface area (Å²) in [6, 6.07) is 0.938. The van der Waals surface area contributed by atoms with Gasteiger partial charge in [0, 0.05) is 4.91 Å². The van der Waals surface area contributed by atoms with Crippen molar-refractivity contribution in [3.05, 3.63) is 46.6 Å². The maximum absolute atomic E-state index is 12.7. The van der Waals surface area contributed by atoms with E-state index in [9.17, 15) is 58.5 Å². The molecule has 10 atom stereocenters. The number of aliphatic hydroxyl groups excluding tert-OH is 3. The van der Waals surface area contributed by atoms with E-state index < -0.39 is 97.3 Å². The number of hydrogen-bond acceptors (Lipinski definition) is 19. The van der Waals surface area contributed by atoms with Crippen LogP contribution in [-0.2, 0) is 41.1 Å². The Bertz CT molecular complexity index is 2120. The van der Waals surface area contributed by atoms with E-state index in [1.54, 1.807) is 0 Å². The molecule has 53 heavy (non-hydrogen) atoms. The molecule has 3 aromatic heterocycles. The van der Waals surface area contributed by atoms with E-state index in [4.69, 9.17) is 36.2 Å². The minimum absolute atomic E-state index is 0.0659. The molecule has 2 saturated heterocycles. The van der Waals surface area contributed by atoms with Gasteiger partial charge in [-0.3, -0.25) is 18.1 Å². The third-order valence-electron chi connectivity index (χ3n) is 7.37. The molecule has 0 saturated carbocycles. The highest BCUT2D eigenvalue weighted by Gasteiger charge is 2.52. The summed E-state index contributed by atoms with van der Waals surface area (Å²) in [4.78, 5) is 65.0. The first-order chi connectivity index (χ1) is 24.7. The summed E-state index contributed by atoms with van der Waals surface area (Å²) in [5.41, 5.74) is 13.5. The van der Waals surface area contributed by atoms with Gasteiger partial charge in [0.1, 0.15) is 42.5 Å². The van der Waals surface area contributed by atoms with Gasteiger partial charge < -0.3 is 60.0 Å². The predicted octanol–water partition coefficient (Wildman–Crippen LogP) is -2.71. The van der Waals surface area contributed by atoms with Crippen molar-refractivity contribution in [3.63, 3.8) is 0 Å². The van der Waals surface area contributed by atoms with Crippen LogP contribution in [0.2, 0.25) is 0 Å². The highest BCUT2D eigenvalue weighted by Crippen LogP contribution is 2.61. The number of terminal acetylenes is 1. The van der Waals surface area contributed by atoms with Crippen molar-refractivity contribution in [2.24, 2.45) is 5.11 Å². The van der Waals surface area contributed by atoms with E-state index in [-0.39, 0.29) is 28.5 Å². The molecular formula is C23H26N9O18P3. The van der Waals surface area contributed by atoms with Crippen molar-refractivity contribution in [1.82, 2.24) is 19.5 Å². The maximum atomic E-state index is 12.7. The zero-order chi connectivity index (χ0) is 39.0. The van der Waals surface area contributed by atoms with E-state index in [0.29, 0.717) is 0 Å². The van der Waals surface area contributed by atoms with E-state index >= 15 is 0 Å². The van der Waals surface area contributed by atoms with Gasteiger partial charge in [-0.2, -0.15) is 8.88 Å². The van der Waals surface area contributed by atoms with Crippen LogP contribution in [0.5, 0.6) is 0 Å². The average molecular weight is 809 g/mol. The van der Waals surface area contributed by atoms with Crippen LogP contribution in [0.3, 0.4) is 0 Å². The second-order valence-corrected chi connectivity index (χ2v) is 15.1. The first-order valence-corrected chi connectivity index (χ1v) is 18.8. The Balaban J connectivity index is 1.25. The van der Waals surface area contributed by atoms with Gasteiger partial charge in [0.15, 0.2) is 47.5 Å². The molecule has 5 rings (SSSR count). The summed E-state index contributed by atoms with van der Waals surface area (Å²) in [5, 5.41) is 46.4. The number of aromatic carboxylic acids is 1. The number of pyridine rings is 1. The lowest BCUT2D eigenvalue weighted by molar-refractivity contribution is -0.765. The second-order valence-electron chi connectivity index (χ2n) is 10.9. The molecule has 0 aliphatic carbocycles. The van der Waals surface area contributed by atoms with Gasteiger partial charge in [-0.1, -0.05) is 5.11 Å². The van der Waals surface area contributed by atoms with Crippen molar-refractivity contribution in [3.8, 4) is 12.3 Å². The molecule has 5 heterocycles. The van der Waals surface area contributed by atoms with E-state index in [1.165, 1.54) is 0 Å². The smallest absolute Gasteiger partial charge is 0.481 e. The minimum Gasteiger partial charge on any atom is -0.545 e. The fourth-order valence-electron chi connectivity index (χ4n) is 5.18. The number of azide groups is 1. The molecule has 2 aliphatic heterocycles. The van der Waals surface area contributed by atoms with Gasteiger partial charge in [0.25, 0.3) is 6.23 Å². The highest BCUT2D eigenvalue weighted by atomic mass is 31.3. The molecule has 2 fully saturated rings. The average Bonchev–Trinajstić information content (AvgIpc) is 3.69. The number of nitrogen functional groups attached to an aromatic ring is 1. The summed E-state index contributed by atoms with van der Waals surface area (Å²) in [5.74, 6) is 0.0363. The van der Waals surface area contributed by atoms with Crippen LogP contribution in [0.4, 0.5) is 11.5 Å². The number of carbonyl (C=O) groups is 1. The number of carboxylic acids is 1. The van der Waals surface area contributed by atoms with Crippen molar-refractivity contribution >= 4 is 52.1 Å². The Morgan fingerprint density at radius 1 is 1.08 bits per heavy atom. The quantitative estimate of drug-likeness (QED) is 0.0205. The molecule has 3 aromatic rings. The van der Waals surface area contributed by atoms with Gasteiger partial charge in [-0.25, -0.2) is 28.6 Å². The molecule has 30 heteroatoms. The molecular weight excluding hydrogens is 783 g/mol. The number of carboxylic acid groups (broad SMARTS) is 1. The number of ether oxygens (including phenoxy) is 2. The lowest BCUT2D eigenvalue weighted by Gasteiger charge is -2.22. The van der Waals surface area contributed by atoms with Gasteiger partial charge in [-0.15, -0.1) is 6.42 Å². The van der Waals surface area contributed by atoms with Crippen molar-refractivity contribution in [2.75, 3.05) is 18.9 Å². The lowest BCUT2D eigenvalue weighted by Crippen LogP contribution is -2.46. The first-order valence-electron chi connectivity index (χ1n) is 14.3. The number of nitrogens with two attached hydrogens (primary N) is 1. The first kappa shape index (κ1) is 40.2. The van der Waals surface area contributed by atoms with E-state index in [2.05, 4.69) is 39.7 Å². The Morgan fingerprint density at radius 2 is 1.72 bits per heavy atom. The number of aromatic nitrogens is 5. The number of imidazole rings is 1. The summed E-state index contributed by atoms with van der Waals surface area (Å²) in [6.07, 6.45) is -6.05. The van der Waals surface area contributed by atoms with Gasteiger partial charge in [-0.05, 0) is 17.5 Å². The number of hydrogen-bond donors (Lipinski definition) is 8. The monoisotopic (exact) mass is 809 g/mol. The van der Waals surface area contributed by atoms with E-state index in [1.807, 2.05) is 0 Å². The molecule has 27 nitrogen and oxygen atoms in total. The molecule has 9 N–H and O–H groups in total. The highest BCUT2D eigenvalue weighted by molar-refractivity contribution is 7.61. The number of phosphoric ester groups is 3. The van der Waals surface area contributed by atoms with E-state index in [0.717, 1.165) is 33.9 Å². The largest absolute Gasteiger partial charge is 0.545 e. The van der Waals surface area contributed by atoms with Crippen LogP contribution < -0.4 is 15.4 Å². The molecule has 2 unspecified atom stereocenters. The Hall–Kier alpha value is -3.99. The van der Waals surface area contributed by atoms with Crippen LogP contribution in [0.25, 0.3) is 21.6 Å². The van der Waals surface area contributed by atoms with Crippen molar-refractivity contribution in [1.29, 1.82) is 0 Å². The fourth-order valence-corrected chi connectivity index (χ4v) is 7.82. The number of nitrogens with zero attached hydrogens (tertiary/aromatic N) is 8. The van der Waals surface area contributed by atoms with Gasteiger partial charge >= 0.3 is 23.5 Å². The fraction of sp³-hybridized carbons (Fsp3) is 0.435. The van der Waals surface area contributed by atoms with Crippen molar-refractivity contribution < 1.29 is 90.4 Å². The number of fused-ring (bicyclic) bond motifs is 1. The molecule has 0 spiro atoms. The van der Waals surface area contributed by atoms with Crippen molar-refractivity contribution in [2.45, 2.75) is 49.1 Å². The predicted molar refractivity (Wildman–Crippen MR) is 163 cm³/mol. The summed E-state index contributed by atoms with van der Waals surface area (Å²) < 4.78 is 68.2. The SMILES string of the molecule is C#Cc1nc2c(N)ncnc2n1[C@@H]1O[C@H](COP(=O)(O)OP(=O)(O)OC[C@H]2O[C@@H]([n+]3cc(N=[N+]=[N-])cc(C(=O)[O-])c3)[C@H](O)[C@@H]2O)[C@@H](O)[C@H]1OP(=O)(O)O. The van der Waals surface area contributed by atoms with Crippen LogP contribution in [-0.4, -0.2) is 110 Å². The molecule has 2 aliphatic rings. The topological polar surface area (TPSA) is 411 Å². The zero-order valence-electron chi connectivity index (χ0n) is 26.0. The number of anilines is 1. The van der Waals surface area contributed by atoms with Crippen LogP contribution in [0.15, 0.2) is 29.9 Å². The minimum atomic E-state index is -5.64. The van der Waals surface area contributed by atoms with Crippen LogP contribution >= 0.6 is 23.5 Å². The summed E-state index contributed by atoms with van der Waals surface area (Å²) in [6.45, 7) is -2.26. The van der Waals surface area contributed by atoms with Gasteiger partial charge in [0.2, 0.25) is 0 Å². The van der Waals surface area contributed by atoms with Crippen LogP contribution in [0.1, 0.15) is 28.6 Å². The number of aliphatic hydroxyl groups is 3. The zero-order valence-corrected chi connectivity index (χ0v) is 28.7. The van der Waals surface area contributed by atoms with Crippen LogP contribution in [0, 0.1) is 12.3 Å². The Labute approximate surface area is 294 Å². The van der Waals surface area contributed by atoms with Gasteiger partial charge in [0.05, 0.1) is 24.7 Å². The number of rotatable bonds is 14. The summed E-state index contributed by atoms with van der Waals surface area (Å²) >= 11 is 0. The molecule has 0 radical (unpaired) electrons. The molecule has 286 valence electrons. The number of phosphoric acid groups is 3. The second kappa shape index (κ2) is 15.4. The maximum Gasteiger partial charge on any atom is 0.481 e. The number of carbonyl (C=O) groups excluding carboxylic acids is 1. The third kappa shape index (κ3) is 9.04. The lowest BCUT2D eigenvalue weighted by atomic mass is 10.1.